The van der Waals surface area contributed by atoms with Crippen molar-refractivity contribution < 1.29 is 4.74 Å². The molecule has 0 saturated heterocycles. The van der Waals surface area contributed by atoms with Crippen molar-refractivity contribution in [3.05, 3.63) is 23.2 Å². The summed E-state index contributed by atoms with van der Waals surface area (Å²) in [6.07, 6.45) is 0. The van der Waals surface area contributed by atoms with Crippen LogP contribution in [0.15, 0.2) is 23.1 Å². The molecule has 0 aromatic heterocycles. The zero-order valence-electron chi connectivity index (χ0n) is 6.71. The highest BCUT2D eigenvalue weighted by Gasteiger charge is 1.99. The topological polar surface area (TPSA) is 35.2 Å². The molecule has 66 valence electrons. The second kappa shape index (κ2) is 4.60. The predicted molar refractivity (Wildman–Crippen MR) is 53.6 cm³/mol. The molecule has 1 aromatic rings. The maximum absolute atomic E-state index is 5.91. The first kappa shape index (κ1) is 9.71. The van der Waals surface area contributed by atoms with Crippen LogP contribution >= 0.6 is 23.4 Å². The van der Waals surface area contributed by atoms with Crippen molar-refractivity contribution in [3.63, 3.8) is 0 Å². The Kier molecular flexibility index (Phi) is 3.72. The number of halogens is 1. The third-order valence-electron chi connectivity index (χ3n) is 1.29. The molecule has 0 aliphatic carbocycles. The van der Waals surface area contributed by atoms with E-state index in [1.807, 2.05) is 12.1 Å². The van der Waals surface area contributed by atoms with Crippen molar-refractivity contribution in [2.24, 2.45) is 0 Å². The molecule has 0 atom stereocenters. The average molecular weight is 204 g/mol. The van der Waals surface area contributed by atoms with Gasteiger partial charge in [0.15, 0.2) is 0 Å². The van der Waals surface area contributed by atoms with Crippen LogP contribution in [0.25, 0.3) is 0 Å². The van der Waals surface area contributed by atoms with E-state index in [1.54, 1.807) is 24.9 Å². The van der Waals surface area contributed by atoms with Crippen LogP contribution in [0.2, 0.25) is 5.02 Å². The van der Waals surface area contributed by atoms with Gasteiger partial charge in [0.25, 0.3) is 0 Å². The molecule has 2 nitrogen and oxygen atoms in total. The molecule has 0 bridgehead atoms. The van der Waals surface area contributed by atoms with Gasteiger partial charge in [-0.2, -0.15) is 0 Å². The van der Waals surface area contributed by atoms with Crippen LogP contribution in [-0.4, -0.2) is 13.0 Å². The highest BCUT2D eigenvalue weighted by atomic mass is 35.5. The van der Waals surface area contributed by atoms with Crippen molar-refractivity contribution in [3.8, 4) is 0 Å². The molecule has 4 heteroatoms. The van der Waals surface area contributed by atoms with Crippen LogP contribution in [0.5, 0.6) is 0 Å². The van der Waals surface area contributed by atoms with Gasteiger partial charge in [0, 0.05) is 17.7 Å². The van der Waals surface area contributed by atoms with E-state index >= 15 is 0 Å². The molecule has 2 N–H and O–H groups in total. The Morgan fingerprint density at radius 3 is 2.92 bits per heavy atom. The van der Waals surface area contributed by atoms with E-state index in [1.165, 1.54) is 0 Å². The second-order valence-electron chi connectivity index (χ2n) is 2.24. The lowest BCUT2D eigenvalue weighted by Crippen LogP contribution is -1.86. The zero-order valence-corrected chi connectivity index (χ0v) is 8.28. The summed E-state index contributed by atoms with van der Waals surface area (Å²) in [5.74, 6) is 0.601. The van der Waals surface area contributed by atoms with Gasteiger partial charge in [-0.25, -0.2) is 0 Å². The van der Waals surface area contributed by atoms with E-state index in [0.29, 0.717) is 16.6 Å². The maximum Gasteiger partial charge on any atom is 0.0963 e. The first-order chi connectivity index (χ1) is 5.74. The zero-order chi connectivity index (χ0) is 8.97. The van der Waals surface area contributed by atoms with Gasteiger partial charge in [-0.1, -0.05) is 23.4 Å². The predicted octanol–water partition coefficient (Wildman–Crippen LogP) is 2.62. The Balaban J connectivity index is 2.72. The molecule has 0 radical (unpaired) electrons. The molecular weight excluding hydrogens is 194 g/mol. The number of hydrogen-bond donors (Lipinski definition) is 1. The molecule has 0 aliphatic rings. The summed E-state index contributed by atoms with van der Waals surface area (Å²) in [7, 11) is 1.65. The van der Waals surface area contributed by atoms with Crippen LogP contribution in [-0.2, 0) is 4.74 Å². The standard InChI is InChI=1S/C8H10ClNOS/c1-11-5-12-8-3-2-6(10)4-7(8)9/h2-4H,5,10H2,1H3. The SMILES string of the molecule is COCSc1ccc(N)cc1Cl. The third-order valence-corrected chi connectivity index (χ3v) is 2.73. The largest absolute Gasteiger partial charge is 0.399 e. The van der Waals surface area contributed by atoms with Gasteiger partial charge in [0.2, 0.25) is 0 Å². The van der Waals surface area contributed by atoms with Crippen molar-refractivity contribution in [1.29, 1.82) is 0 Å². The first-order valence-electron chi connectivity index (χ1n) is 3.41. The first-order valence-corrected chi connectivity index (χ1v) is 4.77. The van der Waals surface area contributed by atoms with E-state index in [-0.39, 0.29) is 0 Å². The van der Waals surface area contributed by atoms with Gasteiger partial charge in [0.05, 0.1) is 11.0 Å². The number of anilines is 1. The third kappa shape index (κ3) is 2.59. The number of benzene rings is 1. The van der Waals surface area contributed by atoms with E-state index in [0.717, 1.165) is 4.90 Å². The number of rotatable bonds is 3. The number of nitrogen functional groups attached to an aromatic ring is 1. The summed E-state index contributed by atoms with van der Waals surface area (Å²) in [5.41, 5.74) is 6.21. The Hall–Kier alpha value is -0.380. The molecule has 0 heterocycles. The van der Waals surface area contributed by atoms with Gasteiger partial charge >= 0.3 is 0 Å². The summed E-state index contributed by atoms with van der Waals surface area (Å²) < 4.78 is 4.90. The Labute approximate surface area is 81.0 Å². The van der Waals surface area contributed by atoms with E-state index in [9.17, 15) is 0 Å². The summed E-state index contributed by atoms with van der Waals surface area (Å²) in [6, 6.07) is 5.45. The summed E-state index contributed by atoms with van der Waals surface area (Å²) in [6.45, 7) is 0. The monoisotopic (exact) mass is 203 g/mol. The lowest BCUT2D eigenvalue weighted by molar-refractivity contribution is 0.259. The van der Waals surface area contributed by atoms with Gasteiger partial charge in [-0.05, 0) is 18.2 Å². The van der Waals surface area contributed by atoms with Gasteiger partial charge in [-0.15, -0.1) is 0 Å². The van der Waals surface area contributed by atoms with Crippen LogP contribution in [0.3, 0.4) is 0 Å². The average Bonchev–Trinajstić information content (AvgIpc) is 2.03. The Morgan fingerprint density at radius 2 is 2.33 bits per heavy atom. The minimum atomic E-state index is 0.601. The molecule has 0 saturated carbocycles. The fraction of sp³-hybridized carbons (Fsp3) is 0.250. The minimum Gasteiger partial charge on any atom is -0.399 e. The Morgan fingerprint density at radius 1 is 1.58 bits per heavy atom. The van der Waals surface area contributed by atoms with Crippen LogP contribution in [0.4, 0.5) is 5.69 Å². The fourth-order valence-electron chi connectivity index (χ4n) is 0.757. The van der Waals surface area contributed by atoms with Crippen LogP contribution < -0.4 is 5.73 Å². The number of hydrogen-bond acceptors (Lipinski definition) is 3. The van der Waals surface area contributed by atoms with Crippen LogP contribution in [0.1, 0.15) is 0 Å². The van der Waals surface area contributed by atoms with Gasteiger partial charge < -0.3 is 10.5 Å². The number of ether oxygens (including phenoxy) is 1. The van der Waals surface area contributed by atoms with Gasteiger partial charge in [-0.3, -0.25) is 0 Å². The second-order valence-corrected chi connectivity index (χ2v) is 3.61. The Bertz CT molecular complexity index is 267. The normalized spacial score (nSPS) is 10.2. The molecule has 12 heavy (non-hydrogen) atoms. The number of methoxy groups -OCH3 is 1. The number of nitrogens with two attached hydrogens (primary N) is 1. The molecule has 1 aromatic carbocycles. The van der Waals surface area contributed by atoms with E-state index < -0.39 is 0 Å². The molecular formula is C8H10ClNOS. The lowest BCUT2D eigenvalue weighted by Gasteiger charge is -2.03. The van der Waals surface area contributed by atoms with Crippen molar-refractivity contribution in [2.45, 2.75) is 4.90 Å². The highest BCUT2D eigenvalue weighted by Crippen LogP contribution is 2.28. The fourth-order valence-corrected chi connectivity index (χ4v) is 1.72. The summed E-state index contributed by atoms with van der Waals surface area (Å²) in [5, 5.41) is 0.678. The van der Waals surface area contributed by atoms with E-state index in [2.05, 4.69) is 0 Å². The molecule has 1 rings (SSSR count). The summed E-state index contributed by atoms with van der Waals surface area (Å²) in [4.78, 5) is 0.993. The molecule has 0 fully saturated rings. The molecule has 0 aliphatic heterocycles. The summed E-state index contributed by atoms with van der Waals surface area (Å²) >= 11 is 7.45. The van der Waals surface area contributed by atoms with Gasteiger partial charge in [0.1, 0.15) is 0 Å². The lowest BCUT2D eigenvalue weighted by atomic mass is 10.3. The van der Waals surface area contributed by atoms with E-state index in [4.69, 9.17) is 22.1 Å². The molecule has 0 spiro atoms. The van der Waals surface area contributed by atoms with Crippen molar-refractivity contribution >= 4 is 29.1 Å². The molecule has 0 unspecified atom stereocenters. The quantitative estimate of drug-likeness (QED) is 0.466. The van der Waals surface area contributed by atoms with Crippen molar-refractivity contribution in [2.75, 3.05) is 18.8 Å². The van der Waals surface area contributed by atoms with Crippen LogP contribution in [0, 0.1) is 0 Å². The smallest absolute Gasteiger partial charge is 0.0963 e. The number of thioether (sulfide) groups is 1. The molecule has 0 amide bonds. The maximum atomic E-state index is 5.91. The minimum absolute atomic E-state index is 0.601. The van der Waals surface area contributed by atoms with Crippen molar-refractivity contribution in [1.82, 2.24) is 0 Å². The highest BCUT2D eigenvalue weighted by molar-refractivity contribution is 7.99.